The van der Waals surface area contributed by atoms with Crippen molar-refractivity contribution in [2.24, 2.45) is 0 Å². The summed E-state index contributed by atoms with van der Waals surface area (Å²) < 4.78 is 15.8. The van der Waals surface area contributed by atoms with Crippen molar-refractivity contribution in [3.8, 4) is 17.1 Å². The molecule has 1 heterocycles. The van der Waals surface area contributed by atoms with E-state index in [4.69, 9.17) is 11.6 Å². The van der Waals surface area contributed by atoms with Crippen LogP contribution in [0.5, 0.6) is 0 Å². The van der Waals surface area contributed by atoms with Gasteiger partial charge >= 0.3 is 0 Å². The Kier molecular flexibility index (Phi) is 3.94. The van der Waals surface area contributed by atoms with Crippen LogP contribution in [-0.2, 0) is 0 Å². The molecule has 6 heteroatoms. The normalized spacial score (nSPS) is 10.8. The van der Waals surface area contributed by atoms with E-state index in [1.165, 1.54) is 17.8 Å². The van der Waals surface area contributed by atoms with Crippen molar-refractivity contribution < 1.29 is 4.39 Å². The van der Waals surface area contributed by atoms with Crippen LogP contribution in [0.15, 0.2) is 53.7 Å². The minimum absolute atomic E-state index is 0.332. The molecule has 0 radical (unpaired) electrons. The van der Waals surface area contributed by atoms with Crippen LogP contribution >= 0.6 is 23.4 Å². The SMILES string of the molecule is CSc1nnc(-c2ccccc2Cl)n1-c1ccccc1F. The van der Waals surface area contributed by atoms with Gasteiger partial charge in [0.1, 0.15) is 5.82 Å². The van der Waals surface area contributed by atoms with Crippen LogP contribution < -0.4 is 0 Å². The number of benzene rings is 2. The summed E-state index contributed by atoms with van der Waals surface area (Å²) in [4.78, 5) is 0. The maximum absolute atomic E-state index is 14.1. The highest BCUT2D eigenvalue weighted by atomic mass is 35.5. The van der Waals surface area contributed by atoms with Gasteiger partial charge in [-0.05, 0) is 30.5 Å². The average molecular weight is 320 g/mol. The number of halogens is 2. The van der Waals surface area contributed by atoms with Gasteiger partial charge in [0.25, 0.3) is 0 Å². The lowest BCUT2D eigenvalue weighted by Crippen LogP contribution is -2.02. The van der Waals surface area contributed by atoms with Gasteiger partial charge in [-0.15, -0.1) is 10.2 Å². The highest BCUT2D eigenvalue weighted by Crippen LogP contribution is 2.31. The second kappa shape index (κ2) is 5.87. The van der Waals surface area contributed by atoms with E-state index in [0.29, 0.717) is 21.7 Å². The summed E-state index contributed by atoms with van der Waals surface area (Å²) in [7, 11) is 0. The predicted molar refractivity (Wildman–Crippen MR) is 83.5 cm³/mol. The van der Waals surface area contributed by atoms with Crippen molar-refractivity contribution in [2.45, 2.75) is 5.16 Å². The van der Waals surface area contributed by atoms with Gasteiger partial charge in [-0.3, -0.25) is 4.57 Å². The molecule has 0 spiro atoms. The second-order valence-electron chi connectivity index (χ2n) is 4.28. The van der Waals surface area contributed by atoms with Gasteiger partial charge in [-0.2, -0.15) is 0 Å². The molecule has 3 nitrogen and oxygen atoms in total. The smallest absolute Gasteiger partial charge is 0.195 e. The number of thioether (sulfide) groups is 1. The van der Waals surface area contributed by atoms with E-state index >= 15 is 0 Å². The van der Waals surface area contributed by atoms with Crippen molar-refractivity contribution in [1.29, 1.82) is 0 Å². The molecule has 0 aliphatic carbocycles. The quantitative estimate of drug-likeness (QED) is 0.668. The maximum atomic E-state index is 14.1. The summed E-state index contributed by atoms with van der Waals surface area (Å²) in [6.45, 7) is 0. The van der Waals surface area contributed by atoms with Crippen molar-refractivity contribution >= 4 is 23.4 Å². The number of rotatable bonds is 3. The molecule has 2 aromatic carbocycles. The third-order valence-electron chi connectivity index (χ3n) is 3.02. The Morgan fingerprint density at radius 3 is 2.48 bits per heavy atom. The molecule has 106 valence electrons. The molecule has 0 saturated heterocycles. The largest absolute Gasteiger partial charge is 0.267 e. The Morgan fingerprint density at radius 2 is 1.76 bits per heavy atom. The van der Waals surface area contributed by atoms with Crippen molar-refractivity contribution in [1.82, 2.24) is 14.8 Å². The van der Waals surface area contributed by atoms with Crippen LogP contribution in [0, 0.1) is 5.82 Å². The summed E-state index contributed by atoms with van der Waals surface area (Å²) in [6, 6.07) is 13.8. The van der Waals surface area contributed by atoms with Gasteiger partial charge in [0.05, 0.1) is 10.7 Å². The summed E-state index contributed by atoms with van der Waals surface area (Å²) in [5.41, 5.74) is 1.12. The predicted octanol–water partition coefficient (Wildman–Crippen LogP) is 4.45. The first-order chi connectivity index (χ1) is 10.2. The van der Waals surface area contributed by atoms with Crippen LogP contribution in [0.25, 0.3) is 17.1 Å². The molecule has 0 unspecified atom stereocenters. The first-order valence-corrected chi connectivity index (χ1v) is 7.82. The fourth-order valence-electron chi connectivity index (χ4n) is 2.07. The Bertz CT molecular complexity index is 788. The number of nitrogens with zero attached hydrogens (tertiary/aromatic N) is 3. The van der Waals surface area contributed by atoms with E-state index in [9.17, 15) is 4.39 Å². The summed E-state index contributed by atoms with van der Waals surface area (Å²) in [5.74, 6) is 0.191. The molecule has 0 fully saturated rings. The van der Waals surface area contributed by atoms with E-state index < -0.39 is 0 Å². The molecular weight excluding hydrogens is 309 g/mol. The number of para-hydroxylation sites is 1. The maximum Gasteiger partial charge on any atom is 0.195 e. The standard InChI is InChI=1S/C15H11ClFN3S/c1-21-15-19-18-14(10-6-2-3-7-11(10)16)20(15)13-9-5-4-8-12(13)17/h2-9H,1H3. The number of aromatic nitrogens is 3. The summed E-state index contributed by atoms with van der Waals surface area (Å²) in [6.07, 6.45) is 1.87. The minimum Gasteiger partial charge on any atom is -0.267 e. The highest BCUT2D eigenvalue weighted by molar-refractivity contribution is 7.98. The molecule has 1 aromatic heterocycles. The third kappa shape index (κ3) is 2.54. The van der Waals surface area contributed by atoms with Crippen molar-refractivity contribution in [3.05, 3.63) is 59.4 Å². The van der Waals surface area contributed by atoms with Crippen LogP contribution in [-0.4, -0.2) is 21.0 Å². The molecule has 0 N–H and O–H groups in total. The number of hydrogen-bond acceptors (Lipinski definition) is 3. The zero-order valence-corrected chi connectivity index (χ0v) is 12.7. The highest BCUT2D eigenvalue weighted by Gasteiger charge is 2.18. The minimum atomic E-state index is -0.332. The van der Waals surface area contributed by atoms with Crippen molar-refractivity contribution in [3.63, 3.8) is 0 Å². The Hall–Kier alpha value is -1.85. The first kappa shape index (κ1) is 14.1. The lowest BCUT2D eigenvalue weighted by molar-refractivity contribution is 0.613. The fourth-order valence-corrected chi connectivity index (χ4v) is 2.78. The molecule has 0 bridgehead atoms. The molecular formula is C15H11ClFN3S. The fraction of sp³-hybridized carbons (Fsp3) is 0.0667. The van der Waals surface area contributed by atoms with Crippen LogP contribution in [0.2, 0.25) is 5.02 Å². The molecule has 3 aromatic rings. The van der Waals surface area contributed by atoms with Gasteiger partial charge in [0.2, 0.25) is 0 Å². The zero-order chi connectivity index (χ0) is 14.8. The van der Waals surface area contributed by atoms with Gasteiger partial charge in [-0.25, -0.2) is 4.39 Å². The molecule has 0 aliphatic heterocycles. The third-order valence-corrected chi connectivity index (χ3v) is 3.98. The van der Waals surface area contributed by atoms with Crippen LogP contribution in [0.1, 0.15) is 0 Å². The van der Waals surface area contributed by atoms with Gasteiger partial charge in [0.15, 0.2) is 11.0 Å². The van der Waals surface area contributed by atoms with E-state index in [-0.39, 0.29) is 5.82 Å². The van der Waals surface area contributed by atoms with Crippen LogP contribution in [0.3, 0.4) is 0 Å². The molecule has 3 rings (SSSR count). The zero-order valence-electron chi connectivity index (χ0n) is 11.1. The lowest BCUT2D eigenvalue weighted by atomic mass is 10.2. The lowest BCUT2D eigenvalue weighted by Gasteiger charge is -2.11. The van der Waals surface area contributed by atoms with E-state index in [1.807, 2.05) is 24.5 Å². The van der Waals surface area contributed by atoms with E-state index in [2.05, 4.69) is 10.2 Å². The Balaban J connectivity index is 2.28. The Labute approximate surface area is 130 Å². The van der Waals surface area contributed by atoms with E-state index in [0.717, 1.165) is 5.56 Å². The van der Waals surface area contributed by atoms with Crippen molar-refractivity contribution in [2.75, 3.05) is 6.26 Å². The summed E-state index contributed by atoms with van der Waals surface area (Å²) in [5, 5.41) is 9.45. The summed E-state index contributed by atoms with van der Waals surface area (Å²) >= 11 is 7.63. The molecule has 0 saturated carbocycles. The van der Waals surface area contributed by atoms with Gasteiger partial charge in [-0.1, -0.05) is 47.6 Å². The molecule has 0 atom stereocenters. The molecule has 21 heavy (non-hydrogen) atoms. The Morgan fingerprint density at radius 1 is 1.05 bits per heavy atom. The van der Waals surface area contributed by atoms with Crippen LogP contribution in [0.4, 0.5) is 4.39 Å². The average Bonchev–Trinajstić information content (AvgIpc) is 2.92. The van der Waals surface area contributed by atoms with Gasteiger partial charge < -0.3 is 0 Å². The molecule has 0 amide bonds. The number of hydrogen-bond donors (Lipinski definition) is 0. The monoisotopic (exact) mass is 319 g/mol. The first-order valence-electron chi connectivity index (χ1n) is 6.21. The topological polar surface area (TPSA) is 30.7 Å². The molecule has 0 aliphatic rings. The second-order valence-corrected chi connectivity index (χ2v) is 5.46. The van der Waals surface area contributed by atoms with E-state index in [1.54, 1.807) is 28.8 Å². The van der Waals surface area contributed by atoms with Gasteiger partial charge in [0, 0.05) is 5.56 Å².